The van der Waals surface area contributed by atoms with Crippen molar-refractivity contribution < 1.29 is 9.67 Å². The van der Waals surface area contributed by atoms with E-state index in [9.17, 15) is 4.57 Å². The minimum absolute atomic E-state index is 0.890. The molecule has 3 heteroatoms. The lowest BCUT2D eigenvalue weighted by Crippen LogP contribution is -2.28. The average molecular weight is 352 g/mol. The van der Waals surface area contributed by atoms with Crippen LogP contribution in [0.3, 0.4) is 0 Å². The normalized spacial score (nSPS) is 10.8. The lowest BCUT2D eigenvalue weighted by atomic mass is 10.1. The predicted octanol–water partition coefficient (Wildman–Crippen LogP) is 3.86. The first kappa shape index (κ1) is 19.2. The van der Waals surface area contributed by atoms with Crippen molar-refractivity contribution in [3.63, 3.8) is 0 Å². The lowest BCUT2D eigenvalue weighted by molar-refractivity contribution is 0.399. The van der Waals surface area contributed by atoms with E-state index in [1.807, 2.05) is 60.7 Å². The molecule has 0 aliphatic rings. The molecule has 0 heterocycles. The fourth-order valence-electron chi connectivity index (χ4n) is 3.35. The third-order valence-corrected chi connectivity index (χ3v) is 7.58. The van der Waals surface area contributed by atoms with E-state index >= 15 is 0 Å². The molecule has 0 atom stereocenters. The second-order valence-corrected chi connectivity index (χ2v) is 8.73. The first-order valence-electron chi connectivity index (χ1n) is 8.28. The number of aryl methyl sites for hydroxylation is 3. The number of rotatable bonds is 3. The highest BCUT2D eigenvalue weighted by molar-refractivity contribution is 7.85. The number of hydrogen-bond acceptors (Lipinski definition) is 2. The van der Waals surface area contributed by atoms with E-state index < -0.39 is 7.14 Å². The van der Waals surface area contributed by atoms with E-state index in [0.717, 1.165) is 34.2 Å². The van der Waals surface area contributed by atoms with Crippen molar-refractivity contribution in [2.75, 3.05) is 7.11 Å². The van der Waals surface area contributed by atoms with Gasteiger partial charge in [0.15, 0.2) is 7.14 Å². The fourth-order valence-corrected chi connectivity index (χ4v) is 6.47. The molecule has 25 heavy (non-hydrogen) atoms. The van der Waals surface area contributed by atoms with Gasteiger partial charge in [0, 0.05) is 23.0 Å². The van der Waals surface area contributed by atoms with E-state index in [2.05, 4.69) is 32.9 Å². The van der Waals surface area contributed by atoms with Gasteiger partial charge in [-0.25, -0.2) is 0 Å². The van der Waals surface area contributed by atoms with Crippen LogP contribution in [0.2, 0.25) is 0 Å². The Kier molecular flexibility index (Phi) is 6.36. The van der Waals surface area contributed by atoms with Crippen LogP contribution in [0.4, 0.5) is 0 Å². The standard InChI is InChI=1S/C21H21OP.CH4O/c1-16-14-17(2)21(18(3)15-16)23(22,19-10-6-4-7-11-19)20-12-8-5-9-13-20;1-2/h4-15H,1-3H3;2H,1H3. The largest absolute Gasteiger partial charge is 0.400 e. The van der Waals surface area contributed by atoms with Crippen molar-refractivity contribution in [2.45, 2.75) is 20.8 Å². The monoisotopic (exact) mass is 352 g/mol. The van der Waals surface area contributed by atoms with Gasteiger partial charge in [0.25, 0.3) is 0 Å². The molecule has 130 valence electrons. The molecular weight excluding hydrogens is 327 g/mol. The van der Waals surface area contributed by atoms with Crippen molar-refractivity contribution in [3.05, 3.63) is 89.5 Å². The van der Waals surface area contributed by atoms with Gasteiger partial charge in [0.2, 0.25) is 0 Å². The molecule has 0 radical (unpaired) electrons. The summed E-state index contributed by atoms with van der Waals surface area (Å²) in [6.45, 7) is 6.21. The van der Waals surface area contributed by atoms with Crippen LogP contribution < -0.4 is 15.9 Å². The van der Waals surface area contributed by atoms with Crippen LogP contribution in [0.1, 0.15) is 16.7 Å². The van der Waals surface area contributed by atoms with Gasteiger partial charge >= 0.3 is 0 Å². The Bertz CT molecular complexity index is 805. The second kappa shape index (κ2) is 8.29. The first-order chi connectivity index (χ1) is 12.0. The summed E-state index contributed by atoms with van der Waals surface area (Å²) in [6, 6.07) is 23.9. The third-order valence-electron chi connectivity index (χ3n) is 4.19. The zero-order chi connectivity index (χ0) is 18.4. The van der Waals surface area contributed by atoms with Crippen molar-refractivity contribution in [1.82, 2.24) is 0 Å². The highest BCUT2D eigenvalue weighted by Gasteiger charge is 2.32. The smallest absolute Gasteiger partial charge is 0.171 e. The number of aliphatic hydroxyl groups is 1. The van der Waals surface area contributed by atoms with Gasteiger partial charge in [0.1, 0.15) is 0 Å². The van der Waals surface area contributed by atoms with Crippen molar-refractivity contribution in [1.29, 1.82) is 0 Å². The zero-order valence-electron chi connectivity index (χ0n) is 15.2. The number of aliphatic hydroxyl groups excluding tert-OH is 1. The summed E-state index contributed by atoms with van der Waals surface area (Å²) in [4.78, 5) is 0. The van der Waals surface area contributed by atoms with E-state index in [1.165, 1.54) is 5.56 Å². The van der Waals surface area contributed by atoms with Gasteiger partial charge in [0.05, 0.1) is 0 Å². The highest BCUT2D eigenvalue weighted by atomic mass is 31.2. The number of benzene rings is 3. The predicted molar refractivity (Wildman–Crippen MR) is 108 cm³/mol. The Morgan fingerprint density at radius 2 is 1.04 bits per heavy atom. The molecule has 0 aromatic heterocycles. The Morgan fingerprint density at radius 3 is 1.40 bits per heavy atom. The molecule has 1 N–H and O–H groups in total. The van der Waals surface area contributed by atoms with Crippen LogP contribution in [-0.2, 0) is 4.57 Å². The maximum Gasteiger partial charge on any atom is 0.171 e. The van der Waals surface area contributed by atoms with Gasteiger partial charge in [-0.3, -0.25) is 0 Å². The van der Waals surface area contributed by atoms with Gasteiger partial charge < -0.3 is 9.67 Å². The lowest BCUT2D eigenvalue weighted by Gasteiger charge is -2.24. The molecule has 0 bridgehead atoms. The van der Waals surface area contributed by atoms with Crippen molar-refractivity contribution in [2.24, 2.45) is 0 Å². The highest BCUT2D eigenvalue weighted by Crippen LogP contribution is 2.44. The Balaban J connectivity index is 0.00000109. The van der Waals surface area contributed by atoms with Crippen LogP contribution in [0.5, 0.6) is 0 Å². The summed E-state index contributed by atoms with van der Waals surface area (Å²) >= 11 is 0. The molecule has 0 spiro atoms. The molecule has 0 aliphatic carbocycles. The van der Waals surface area contributed by atoms with Crippen LogP contribution in [-0.4, -0.2) is 12.2 Å². The van der Waals surface area contributed by atoms with Gasteiger partial charge in [-0.15, -0.1) is 0 Å². The Morgan fingerprint density at radius 1 is 0.680 bits per heavy atom. The molecule has 3 rings (SSSR count). The molecule has 0 unspecified atom stereocenters. The molecule has 3 aromatic carbocycles. The van der Waals surface area contributed by atoms with Crippen LogP contribution in [0, 0.1) is 20.8 Å². The summed E-state index contributed by atoms with van der Waals surface area (Å²) in [6.07, 6.45) is 0. The molecule has 0 aliphatic heterocycles. The van der Waals surface area contributed by atoms with Gasteiger partial charge in [-0.1, -0.05) is 78.4 Å². The molecule has 0 amide bonds. The summed E-state index contributed by atoms with van der Waals surface area (Å²) in [5.74, 6) is 0. The molecule has 3 aromatic rings. The zero-order valence-corrected chi connectivity index (χ0v) is 16.1. The van der Waals surface area contributed by atoms with Gasteiger partial charge in [-0.05, 0) is 31.9 Å². The summed E-state index contributed by atoms with van der Waals surface area (Å²) in [5, 5.41) is 9.75. The van der Waals surface area contributed by atoms with Crippen LogP contribution >= 0.6 is 7.14 Å². The SMILES string of the molecule is CO.Cc1cc(C)c(P(=O)(c2ccccc2)c2ccccc2)c(C)c1. The summed E-state index contributed by atoms with van der Waals surface area (Å²) < 4.78 is 14.4. The number of hydrogen-bond donors (Lipinski definition) is 1. The van der Waals surface area contributed by atoms with Gasteiger partial charge in [-0.2, -0.15) is 0 Å². The topological polar surface area (TPSA) is 37.3 Å². The summed E-state index contributed by atoms with van der Waals surface area (Å²) in [5.41, 5.74) is 3.40. The average Bonchev–Trinajstić information content (AvgIpc) is 2.64. The van der Waals surface area contributed by atoms with Crippen LogP contribution in [0.15, 0.2) is 72.8 Å². The molecular formula is C22H25O2P. The van der Waals surface area contributed by atoms with Crippen LogP contribution in [0.25, 0.3) is 0 Å². The fraction of sp³-hybridized carbons (Fsp3) is 0.182. The maximum absolute atomic E-state index is 14.4. The van der Waals surface area contributed by atoms with E-state index in [-0.39, 0.29) is 0 Å². The second-order valence-electron chi connectivity index (χ2n) is 6.03. The molecule has 0 fully saturated rings. The van der Waals surface area contributed by atoms with E-state index in [0.29, 0.717) is 0 Å². The van der Waals surface area contributed by atoms with Crippen molar-refractivity contribution >= 4 is 23.1 Å². The maximum atomic E-state index is 14.4. The quantitative estimate of drug-likeness (QED) is 0.727. The minimum atomic E-state index is -2.87. The first-order valence-corrected chi connectivity index (χ1v) is 9.98. The Hall–Kier alpha value is -2.15. The Labute approximate surface area is 150 Å². The minimum Gasteiger partial charge on any atom is -0.400 e. The van der Waals surface area contributed by atoms with E-state index in [4.69, 9.17) is 5.11 Å². The molecule has 0 saturated carbocycles. The summed E-state index contributed by atoms with van der Waals surface area (Å²) in [7, 11) is -1.87. The van der Waals surface area contributed by atoms with E-state index in [1.54, 1.807) is 0 Å². The van der Waals surface area contributed by atoms with Crippen molar-refractivity contribution in [3.8, 4) is 0 Å². The molecule has 0 saturated heterocycles. The molecule has 2 nitrogen and oxygen atoms in total. The third kappa shape index (κ3) is 3.76.